The van der Waals surface area contributed by atoms with Gasteiger partial charge in [0.15, 0.2) is 11.6 Å². The average molecular weight is 306 g/mol. The summed E-state index contributed by atoms with van der Waals surface area (Å²) in [6.07, 6.45) is 3.81. The Kier molecular flexibility index (Phi) is 4.62. The standard InChI is InChI=1S/C17H23FN2O2/c1-2-14-17(21)19-9-4-10-20(14)11-12-5-3-6-15(16(12)18)22-13-7-8-13/h3,5-6,13-14H,2,4,7-11H2,1H3,(H,19,21)/t14-/m0/s1. The second-order valence-electron chi connectivity index (χ2n) is 6.09. The molecule has 3 rings (SSSR count). The third-order valence-electron chi connectivity index (χ3n) is 4.29. The number of carbonyl (C=O) groups excluding carboxylic acids is 1. The quantitative estimate of drug-likeness (QED) is 0.908. The number of ether oxygens (including phenoxy) is 1. The van der Waals surface area contributed by atoms with Crippen molar-refractivity contribution in [2.24, 2.45) is 0 Å². The van der Waals surface area contributed by atoms with Gasteiger partial charge in [0.2, 0.25) is 5.91 Å². The lowest BCUT2D eigenvalue weighted by Crippen LogP contribution is -2.43. The fraction of sp³-hybridized carbons (Fsp3) is 0.588. The molecule has 1 atom stereocenters. The number of rotatable bonds is 5. The van der Waals surface area contributed by atoms with Crippen LogP contribution in [0.15, 0.2) is 18.2 Å². The fourth-order valence-corrected chi connectivity index (χ4v) is 2.92. The molecule has 1 aliphatic carbocycles. The van der Waals surface area contributed by atoms with Gasteiger partial charge in [0.1, 0.15) is 0 Å². The Balaban J connectivity index is 1.77. The van der Waals surface area contributed by atoms with Crippen molar-refractivity contribution in [3.05, 3.63) is 29.6 Å². The fourth-order valence-electron chi connectivity index (χ4n) is 2.92. The van der Waals surface area contributed by atoms with E-state index >= 15 is 0 Å². The lowest BCUT2D eigenvalue weighted by atomic mass is 10.1. The van der Waals surface area contributed by atoms with Gasteiger partial charge < -0.3 is 10.1 Å². The number of hydrogen-bond acceptors (Lipinski definition) is 3. The van der Waals surface area contributed by atoms with Gasteiger partial charge >= 0.3 is 0 Å². The summed E-state index contributed by atoms with van der Waals surface area (Å²) in [5.41, 5.74) is 0.603. The van der Waals surface area contributed by atoms with Gasteiger partial charge in [-0.2, -0.15) is 0 Å². The van der Waals surface area contributed by atoms with Gasteiger partial charge in [-0.25, -0.2) is 4.39 Å². The molecule has 0 unspecified atom stereocenters. The summed E-state index contributed by atoms with van der Waals surface area (Å²) in [6.45, 7) is 3.93. The first-order chi connectivity index (χ1) is 10.7. The van der Waals surface area contributed by atoms with Crippen molar-refractivity contribution in [2.45, 2.75) is 51.3 Å². The summed E-state index contributed by atoms with van der Waals surface area (Å²) in [4.78, 5) is 14.2. The van der Waals surface area contributed by atoms with Crippen LogP contribution < -0.4 is 10.1 Å². The molecule has 0 aromatic heterocycles. The van der Waals surface area contributed by atoms with E-state index in [1.165, 1.54) is 0 Å². The molecule has 1 aliphatic heterocycles. The van der Waals surface area contributed by atoms with E-state index in [-0.39, 0.29) is 23.9 Å². The molecule has 1 N–H and O–H groups in total. The number of halogens is 1. The zero-order valence-electron chi connectivity index (χ0n) is 13.0. The Bertz CT molecular complexity index is 545. The van der Waals surface area contributed by atoms with Gasteiger partial charge in [0.25, 0.3) is 0 Å². The SMILES string of the molecule is CC[C@H]1C(=O)NCCCN1Cc1cccc(OC2CC2)c1F. The number of nitrogens with one attached hydrogen (secondary N) is 1. The largest absolute Gasteiger partial charge is 0.487 e. The third kappa shape index (κ3) is 3.40. The van der Waals surface area contributed by atoms with Crippen LogP contribution in [0.2, 0.25) is 0 Å². The average Bonchev–Trinajstić information content (AvgIpc) is 3.32. The smallest absolute Gasteiger partial charge is 0.237 e. The van der Waals surface area contributed by atoms with Crippen LogP contribution in [0.25, 0.3) is 0 Å². The van der Waals surface area contributed by atoms with Crippen molar-refractivity contribution in [3.63, 3.8) is 0 Å². The minimum absolute atomic E-state index is 0.0470. The second kappa shape index (κ2) is 6.65. The summed E-state index contributed by atoms with van der Waals surface area (Å²) in [6, 6.07) is 5.11. The first-order valence-electron chi connectivity index (χ1n) is 8.15. The van der Waals surface area contributed by atoms with Gasteiger partial charge in [-0.3, -0.25) is 9.69 Å². The van der Waals surface area contributed by atoms with Gasteiger partial charge in [-0.05, 0) is 31.7 Å². The van der Waals surface area contributed by atoms with Crippen LogP contribution >= 0.6 is 0 Å². The van der Waals surface area contributed by atoms with E-state index in [0.29, 0.717) is 24.4 Å². The molecule has 22 heavy (non-hydrogen) atoms. The molecule has 0 spiro atoms. The molecule has 0 bridgehead atoms. The summed E-state index contributed by atoms with van der Waals surface area (Å²) in [7, 11) is 0. The van der Waals surface area contributed by atoms with E-state index in [0.717, 1.165) is 32.2 Å². The Morgan fingerprint density at radius 1 is 1.41 bits per heavy atom. The van der Waals surface area contributed by atoms with Crippen LogP contribution in [0.3, 0.4) is 0 Å². The molecule has 1 saturated heterocycles. The zero-order chi connectivity index (χ0) is 15.5. The Labute approximate surface area is 130 Å². The first kappa shape index (κ1) is 15.3. The van der Waals surface area contributed by atoms with Gasteiger partial charge in [0, 0.05) is 25.2 Å². The van der Waals surface area contributed by atoms with Crippen LogP contribution in [0.1, 0.15) is 38.2 Å². The topological polar surface area (TPSA) is 41.6 Å². The normalized spacial score (nSPS) is 23.0. The predicted octanol–water partition coefficient (Wildman–Crippen LogP) is 2.47. The van der Waals surface area contributed by atoms with Crippen molar-refractivity contribution in [2.75, 3.05) is 13.1 Å². The van der Waals surface area contributed by atoms with E-state index in [9.17, 15) is 9.18 Å². The number of nitrogens with zero attached hydrogens (tertiary/aromatic N) is 1. The maximum atomic E-state index is 14.6. The van der Waals surface area contributed by atoms with Crippen molar-refractivity contribution in [3.8, 4) is 5.75 Å². The first-order valence-corrected chi connectivity index (χ1v) is 8.15. The highest BCUT2D eigenvalue weighted by Crippen LogP contribution is 2.30. The molecular formula is C17H23FN2O2. The zero-order valence-corrected chi connectivity index (χ0v) is 13.0. The maximum absolute atomic E-state index is 14.6. The van der Waals surface area contributed by atoms with Crippen LogP contribution in [0.4, 0.5) is 4.39 Å². The highest BCUT2D eigenvalue weighted by Gasteiger charge is 2.28. The van der Waals surface area contributed by atoms with E-state index in [1.54, 1.807) is 12.1 Å². The monoisotopic (exact) mass is 306 g/mol. The second-order valence-corrected chi connectivity index (χ2v) is 6.09. The lowest BCUT2D eigenvalue weighted by Gasteiger charge is -2.27. The molecule has 1 heterocycles. The van der Waals surface area contributed by atoms with E-state index < -0.39 is 0 Å². The molecule has 1 saturated carbocycles. The molecule has 120 valence electrons. The molecule has 1 aromatic carbocycles. The Morgan fingerprint density at radius 3 is 2.95 bits per heavy atom. The van der Waals surface area contributed by atoms with Crippen LogP contribution in [-0.2, 0) is 11.3 Å². The predicted molar refractivity (Wildman–Crippen MR) is 82.2 cm³/mol. The number of benzene rings is 1. The molecule has 0 radical (unpaired) electrons. The molecule has 4 nitrogen and oxygen atoms in total. The third-order valence-corrected chi connectivity index (χ3v) is 4.29. The summed E-state index contributed by atoms with van der Waals surface area (Å²) in [5, 5.41) is 2.92. The highest BCUT2D eigenvalue weighted by atomic mass is 19.1. The number of carbonyl (C=O) groups is 1. The molecular weight excluding hydrogens is 283 g/mol. The molecule has 2 fully saturated rings. The maximum Gasteiger partial charge on any atom is 0.237 e. The lowest BCUT2D eigenvalue weighted by molar-refractivity contribution is -0.125. The van der Waals surface area contributed by atoms with Gasteiger partial charge in [-0.1, -0.05) is 19.1 Å². The summed E-state index contributed by atoms with van der Waals surface area (Å²) >= 11 is 0. The molecule has 2 aliphatic rings. The van der Waals surface area contributed by atoms with Crippen molar-refractivity contribution < 1.29 is 13.9 Å². The van der Waals surface area contributed by atoms with Crippen LogP contribution in [0, 0.1) is 5.82 Å². The minimum atomic E-state index is -0.283. The molecule has 5 heteroatoms. The minimum Gasteiger partial charge on any atom is -0.487 e. The van der Waals surface area contributed by atoms with Gasteiger partial charge in [-0.15, -0.1) is 0 Å². The highest BCUT2D eigenvalue weighted by molar-refractivity contribution is 5.81. The summed E-state index contributed by atoms with van der Waals surface area (Å²) < 4.78 is 20.2. The molecule has 1 aromatic rings. The van der Waals surface area contributed by atoms with Crippen molar-refractivity contribution in [1.29, 1.82) is 0 Å². The van der Waals surface area contributed by atoms with E-state index in [4.69, 9.17) is 4.74 Å². The van der Waals surface area contributed by atoms with Gasteiger partial charge in [0.05, 0.1) is 12.1 Å². The Hall–Kier alpha value is -1.62. The summed E-state index contributed by atoms with van der Waals surface area (Å²) in [5.74, 6) is 0.104. The number of amides is 1. The Morgan fingerprint density at radius 2 is 2.23 bits per heavy atom. The van der Waals surface area contributed by atoms with Crippen LogP contribution in [-0.4, -0.2) is 36.0 Å². The van der Waals surface area contributed by atoms with Crippen LogP contribution in [0.5, 0.6) is 5.75 Å². The molecule has 1 amide bonds. The van der Waals surface area contributed by atoms with Crippen molar-refractivity contribution in [1.82, 2.24) is 10.2 Å². The van der Waals surface area contributed by atoms with Crippen molar-refractivity contribution >= 4 is 5.91 Å². The van der Waals surface area contributed by atoms with E-state index in [1.807, 2.05) is 13.0 Å². The van der Waals surface area contributed by atoms with E-state index in [2.05, 4.69) is 10.2 Å². The number of hydrogen-bond donors (Lipinski definition) is 1.